The lowest BCUT2D eigenvalue weighted by atomic mass is 9.97. The van der Waals surface area contributed by atoms with Crippen molar-refractivity contribution in [2.75, 3.05) is 6.54 Å². The fourth-order valence-corrected chi connectivity index (χ4v) is 2.00. The maximum absolute atomic E-state index is 11.6. The normalized spacial score (nSPS) is 16.9. The summed E-state index contributed by atoms with van der Waals surface area (Å²) in [4.78, 5) is 11.6. The number of hydrogen-bond acceptors (Lipinski definition) is 2. The molecule has 2 rings (SSSR count). The quantitative estimate of drug-likeness (QED) is 0.800. The first-order valence-electron chi connectivity index (χ1n) is 5.80. The topological polar surface area (TPSA) is 55.1 Å². The molecule has 0 unspecified atom stereocenters. The third-order valence-electron chi connectivity index (χ3n) is 3.07. The van der Waals surface area contributed by atoms with E-state index in [0.717, 1.165) is 24.0 Å². The summed E-state index contributed by atoms with van der Waals surface area (Å²) in [5.41, 5.74) is 8.23. The Bertz CT molecular complexity index is 397. The highest BCUT2D eigenvalue weighted by atomic mass is 16.1. The van der Waals surface area contributed by atoms with E-state index in [1.807, 2.05) is 31.2 Å². The first-order chi connectivity index (χ1) is 7.65. The van der Waals surface area contributed by atoms with Crippen LogP contribution in [0.5, 0.6) is 0 Å². The summed E-state index contributed by atoms with van der Waals surface area (Å²) in [7, 11) is 0. The molecule has 1 aromatic rings. The summed E-state index contributed by atoms with van der Waals surface area (Å²) < 4.78 is 0. The van der Waals surface area contributed by atoms with Gasteiger partial charge in [0.25, 0.3) is 0 Å². The van der Waals surface area contributed by atoms with Crippen LogP contribution in [-0.4, -0.2) is 12.5 Å². The number of likely N-dealkylation sites (N-methyl/N-ethyl adjacent to an activating group) is 1. The van der Waals surface area contributed by atoms with Gasteiger partial charge in [-0.2, -0.15) is 0 Å². The van der Waals surface area contributed by atoms with Crippen LogP contribution < -0.4 is 11.1 Å². The van der Waals surface area contributed by atoms with Gasteiger partial charge in [-0.25, -0.2) is 0 Å². The fourth-order valence-electron chi connectivity index (χ4n) is 2.00. The Balaban J connectivity index is 2.17. The molecule has 0 atom stereocenters. The summed E-state index contributed by atoms with van der Waals surface area (Å²) in [5, 5.41) is 2.81. The minimum absolute atomic E-state index is 0.0687. The zero-order valence-corrected chi connectivity index (χ0v) is 9.62. The zero-order chi connectivity index (χ0) is 11.6. The summed E-state index contributed by atoms with van der Waals surface area (Å²) in [5.74, 6) is 0.0687. The van der Waals surface area contributed by atoms with Crippen LogP contribution >= 0.6 is 0 Å². The molecule has 3 N–H and O–H groups in total. The van der Waals surface area contributed by atoms with E-state index in [9.17, 15) is 4.79 Å². The number of amides is 1. The van der Waals surface area contributed by atoms with Crippen LogP contribution in [0.1, 0.15) is 30.9 Å². The highest BCUT2D eigenvalue weighted by molar-refractivity contribution is 5.79. The van der Waals surface area contributed by atoms with Crippen molar-refractivity contribution >= 4 is 5.91 Å². The second kappa shape index (κ2) is 4.26. The number of carbonyl (C=O) groups is 1. The number of benzene rings is 1. The lowest BCUT2D eigenvalue weighted by Crippen LogP contribution is -2.27. The van der Waals surface area contributed by atoms with E-state index in [-0.39, 0.29) is 11.4 Å². The van der Waals surface area contributed by atoms with Gasteiger partial charge in [0.15, 0.2) is 0 Å². The molecular formula is C13H18N2O. The molecule has 3 heteroatoms. The van der Waals surface area contributed by atoms with Crippen LogP contribution in [0.25, 0.3) is 0 Å². The number of rotatable bonds is 4. The number of nitrogens with one attached hydrogen (secondary N) is 1. The minimum atomic E-state index is -0.164. The van der Waals surface area contributed by atoms with E-state index in [0.29, 0.717) is 13.0 Å². The SMILES string of the molecule is CCNC(=O)Cc1ccccc1C1(N)CC1. The van der Waals surface area contributed by atoms with Crippen LogP contribution in [0.3, 0.4) is 0 Å². The molecule has 1 aromatic carbocycles. The Labute approximate surface area is 96.0 Å². The molecule has 0 bridgehead atoms. The molecule has 86 valence electrons. The molecule has 3 nitrogen and oxygen atoms in total. The molecule has 0 aliphatic heterocycles. The van der Waals surface area contributed by atoms with Crippen LogP contribution in [0.4, 0.5) is 0 Å². The predicted octanol–water partition coefficient (Wildman–Crippen LogP) is 1.31. The van der Waals surface area contributed by atoms with Crippen molar-refractivity contribution in [3.8, 4) is 0 Å². The molecule has 0 heterocycles. The van der Waals surface area contributed by atoms with E-state index in [1.165, 1.54) is 0 Å². The smallest absolute Gasteiger partial charge is 0.224 e. The van der Waals surface area contributed by atoms with Crippen molar-refractivity contribution in [3.63, 3.8) is 0 Å². The summed E-state index contributed by atoms with van der Waals surface area (Å²) in [6.07, 6.45) is 2.49. The van der Waals surface area contributed by atoms with Gasteiger partial charge in [0.05, 0.1) is 6.42 Å². The number of hydrogen-bond donors (Lipinski definition) is 2. The monoisotopic (exact) mass is 218 g/mol. The summed E-state index contributed by atoms with van der Waals surface area (Å²) >= 11 is 0. The lowest BCUT2D eigenvalue weighted by molar-refractivity contribution is -0.120. The van der Waals surface area contributed by atoms with Gasteiger partial charge in [-0.3, -0.25) is 4.79 Å². The highest BCUT2D eigenvalue weighted by Gasteiger charge is 2.41. The van der Waals surface area contributed by atoms with E-state index >= 15 is 0 Å². The maximum Gasteiger partial charge on any atom is 0.224 e. The average Bonchev–Trinajstić information content (AvgIpc) is 2.99. The van der Waals surface area contributed by atoms with Crippen molar-refractivity contribution < 1.29 is 4.79 Å². The molecule has 1 saturated carbocycles. The van der Waals surface area contributed by atoms with Gasteiger partial charge in [0.2, 0.25) is 5.91 Å². The Morgan fingerprint density at radius 3 is 2.75 bits per heavy atom. The molecule has 1 amide bonds. The Hall–Kier alpha value is -1.35. The van der Waals surface area contributed by atoms with Gasteiger partial charge in [-0.1, -0.05) is 24.3 Å². The van der Waals surface area contributed by atoms with Crippen LogP contribution in [0, 0.1) is 0 Å². The number of carbonyl (C=O) groups excluding carboxylic acids is 1. The highest BCUT2D eigenvalue weighted by Crippen LogP contribution is 2.44. The average molecular weight is 218 g/mol. The maximum atomic E-state index is 11.6. The van der Waals surface area contributed by atoms with Gasteiger partial charge in [0.1, 0.15) is 0 Å². The van der Waals surface area contributed by atoms with Crippen LogP contribution in [-0.2, 0) is 16.8 Å². The van der Waals surface area contributed by atoms with E-state index in [2.05, 4.69) is 5.32 Å². The van der Waals surface area contributed by atoms with Gasteiger partial charge in [-0.05, 0) is 30.9 Å². The van der Waals surface area contributed by atoms with Gasteiger partial charge < -0.3 is 11.1 Å². The van der Waals surface area contributed by atoms with Crippen molar-refractivity contribution in [2.45, 2.75) is 31.7 Å². The van der Waals surface area contributed by atoms with E-state index in [1.54, 1.807) is 0 Å². The first-order valence-corrected chi connectivity index (χ1v) is 5.80. The van der Waals surface area contributed by atoms with Gasteiger partial charge >= 0.3 is 0 Å². The minimum Gasteiger partial charge on any atom is -0.356 e. The Morgan fingerprint density at radius 2 is 2.12 bits per heavy atom. The summed E-state index contributed by atoms with van der Waals surface area (Å²) in [6, 6.07) is 7.99. The largest absolute Gasteiger partial charge is 0.356 e. The molecule has 0 saturated heterocycles. The predicted molar refractivity (Wildman–Crippen MR) is 63.9 cm³/mol. The van der Waals surface area contributed by atoms with Crippen LogP contribution in [0.15, 0.2) is 24.3 Å². The number of nitrogens with two attached hydrogens (primary N) is 1. The third kappa shape index (κ3) is 2.25. The van der Waals surface area contributed by atoms with Gasteiger partial charge in [-0.15, -0.1) is 0 Å². The second-order valence-electron chi connectivity index (χ2n) is 4.44. The Morgan fingerprint density at radius 1 is 1.44 bits per heavy atom. The van der Waals surface area contributed by atoms with E-state index < -0.39 is 0 Å². The first kappa shape index (κ1) is 11.1. The standard InChI is InChI=1S/C13H18N2O/c1-2-15-12(16)9-10-5-3-4-6-11(10)13(14)7-8-13/h3-6H,2,7-9,14H2,1H3,(H,15,16). The molecular weight excluding hydrogens is 200 g/mol. The zero-order valence-electron chi connectivity index (χ0n) is 9.62. The molecule has 0 spiro atoms. The molecule has 0 aromatic heterocycles. The molecule has 1 aliphatic carbocycles. The molecule has 16 heavy (non-hydrogen) atoms. The fraction of sp³-hybridized carbons (Fsp3) is 0.462. The third-order valence-corrected chi connectivity index (χ3v) is 3.07. The molecule has 1 aliphatic rings. The molecule has 1 fully saturated rings. The van der Waals surface area contributed by atoms with Crippen LogP contribution in [0.2, 0.25) is 0 Å². The molecule has 0 radical (unpaired) electrons. The van der Waals surface area contributed by atoms with Crippen molar-refractivity contribution in [3.05, 3.63) is 35.4 Å². The van der Waals surface area contributed by atoms with Gasteiger partial charge in [0, 0.05) is 12.1 Å². The van der Waals surface area contributed by atoms with Crippen molar-refractivity contribution in [1.82, 2.24) is 5.32 Å². The van der Waals surface area contributed by atoms with Crippen molar-refractivity contribution in [2.24, 2.45) is 5.73 Å². The van der Waals surface area contributed by atoms with Crippen molar-refractivity contribution in [1.29, 1.82) is 0 Å². The summed E-state index contributed by atoms with van der Waals surface area (Å²) in [6.45, 7) is 2.60. The lowest BCUT2D eigenvalue weighted by Gasteiger charge is -2.14. The Kier molecular flexibility index (Phi) is 2.97. The van der Waals surface area contributed by atoms with E-state index in [4.69, 9.17) is 5.73 Å². The second-order valence-corrected chi connectivity index (χ2v) is 4.44.